The molecule has 0 bridgehead atoms. The molecule has 0 aliphatic heterocycles. The lowest BCUT2D eigenvalue weighted by molar-refractivity contribution is -0.445. The fourth-order valence-corrected chi connectivity index (χ4v) is 5.83. The Hall–Kier alpha value is -5.98. The maximum atomic E-state index is 13.2. The van der Waals surface area contributed by atoms with E-state index in [0.717, 1.165) is 49.9 Å². The number of ether oxygens (including phenoxy) is 3. The molecule has 0 amide bonds. The number of unbranched alkanes of at least 4 members (excludes halogenated alkanes) is 9. The average Bonchev–Trinajstić information content (AvgIpc) is 3.24. The highest BCUT2D eigenvalue weighted by atomic mass is 16.6. The predicted octanol–water partition coefficient (Wildman–Crippen LogP) is 12.6. The SMILES string of the molecule is CCCCCCCCCCCCOc1cc(C(=O)OC)cc(C(=O)OCCN(CCC)c2ccc(N=Nc3ccc(N=Nc4ccccc4)cc3)cc2)c1.C[N+](=O)[O-]. The summed E-state index contributed by atoms with van der Waals surface area (Å²) in [7, 11) is 2.20. The van der Waals surface area contributed by atoms with Crippen LogP contribution in [0.2, 0.25) is 0 Å². The Morgan fingerprint density at radius 1 is 0.603 bits per heavy atom. The van der Waals surface area contributed by atoms with E-state index in [1.807, 2.05) is 78.9 Å². The molecule has 4 aromatic carbocycles. The van der Waals surface area contributed by atoms with E-state index in [9.17, 15) is 9.59 Å². The fourth-order valence-electron chi connectivity index (χ4n) is 5.83. The van der Waals surface area contributed by atoms with Crippen LogP contribution in [0.15, 0.2) is 118 Å². The molecule has 13 nitrogen and oxygen atoms in total. The van der Waals surface area contributed by atoms with Crippen molar-refractivity contribution >= 4 is 40.4 Å². The molecule has 0 unspecified atom stereocenters. The van der Waals surface area contributed by atoms with Crippen LogP contribution in [-0.2, 0) is 9.47 Å². The molecule has 0 atom stereocenters. The Labute approximate surface area is 342 Å². The number of rotatable bonds is 24. The summed E-state index contributed by atoms with van der Waals surface area (Å²) >= 11 is 0. The van der Waals surface area contributed by atoms with Gasteiger partial charge in [0.2, 0.25) is 0 Å². The summed E-state index contributed by atoms with van der Waals surface area (Å²) < 4.78 is 16.6. The first kappa shape index (κ1) is 46.4. The molecule has 0 saturated heterocycles. The van der Waals surface area contributed by atoms with Crippen molar-refractivity contribution in [3.63, 3.8) is 0 Å². The van der Waals surface area contributed by atoms with Gasteiger partial charge in [-0.2, -0.15) is 20.5 Å². The van der Waals surface area contributed by atoms with Crippen molar-refractivity contribution in [2.75, 3.05) is 45.4 Å². The Morgan fingerprint density at radius 2 is 1.07 bits per heavy atom. The number of benzene rings is 4. The molecule has 4 rings (SSSR count). The first-order valence-corrected chi connectivity index (χ1v) is 20.2. The third-order valence-corrected chi connectivity index (χ3v) is 8.80. The van der Waals surface area contributed by atoms with E-state index in [2.05, 4.69) is 39.2 Å². The van der Waals surface area contributed by atoms with Gasteiger partial charge < -0.3 is 19.1 Å². The van der Waals surface area contributed by atoms with Crippen molar-refractivity contribution in [1.29, 1.82) is 0 Å². The number of esters is 2. The predicted molar refractivity (Wildman–Crippen MR) is 229 cm³/mol. The molecule has 0 saturated carbocycles. The molecule has 0 aliphatic carbocycles. The van der Waals surface area contributed by atoms with E-state index in [1.165, 1.54) is 64.5 Å². The van der Waals surface area contributed by atoms with Crippen LogP contribution in [0.5, 0.6) is 5.75 Å². The molecule has 13 heteroatoms. The number of hydrogen-bond acceptors (Lipinski definition) is 12. The number of anilines is 1. The van der Waals surface area contributed by atoms with Crippen molar-refractivity contribution in [3.05, 3.63) is 118 Å². The summed E-state index contributed by atoms with van der Waals surface area (Å²) in [6, 6.07) is 29.5. The van der Waals surface area contributed by atoms with Gasteiger partial charge in [-0.3, -0.25) is 10.1 Å². The van der Waals surface area contributed by atoms with Crippen molar-refractivity contribution in [2.45, 2.75) is 84.5 Å². The number of nitro groups is 1. The topological polar surface area (TPSA) is 158 Å². The van der Waals surface area contributed by atoms with Crippen LogP contribution in [0.3, 0.4) is 0 Å². The Morgan fingerprint density at radius 3 is 1.57 bits per heavy atom. The lowest BCUT2D eigenvalue weighted by atomic mass is 10.1. The molecular formula is C45H58N6O7. The van der Waals surface area contributed by atoms with Gasteiger partial charge in [0.05, 0.1) is 54.1 Å². The lowest BCUT2D eigenvalue weighted by Gasteiger charge is -2.24. The third kappa shape index (κ3) is 18.8. The Bertz CT molecular complexity index is 1850. The highest BCUT2D eigenvalue weighted by Gasteiger charge is 2.16. The maximum Gasteiger partial charge on any atom is 0.338 e. The van der Waals surface area contributed by atoms with E-state index >= 15 is 0 Å². The van der Waals surface area contributed by atoms with Crippen molar-refractivity contribution in [3.8, 4) is 5.75 Å². The van der Waals surface area contributed by atoms with Crippen LogP contribution in [-0.4, -0.2) is 57.3 Å². The van der Waals surface area contributed by atoms with Gasteiger partial charge >= 0.3 is 11.9 Å². The van der Waals surface area contributed by atoms with Crippen molar-refractivity contribution in [1.82, 2.24) is 0 Å². The van der Waals surface area contributed by atoms with E-state index in [1.54, 1.807) is 12.1 Å². The number of carbonyl (C=O) groups is 2. The average molecular weight is 795 g/mol. The molecular weight excluding hydrogens is 737 g/mol. The van der Waals surface area contributed by atoms with Crippen LogP contribution in [0, 0.1) is 10.1 Å². The second-order valence-electron chi connectivity index (χ2n) is 13.6. The Kier molecular flexibility index (Phi) is 22.1. The van der Waals surface area contributed by atoms with Gasteiger partial charge in [0.25, 0.3) is 0 Å². The lowest BCUT2D eigenvalue weighted by Crippen LogP contribution is -2.29. The van der Waals surface area contributed by atoms with E-state index in [4.69, 9.17) is 24.3 Å². The highest BCUT2D eigenvalue weighted by molar-refractivity contribution is 5.96. The van der Waals surface area contributed by atoms with Gasteiger partial charge in [0, 0.05) is 17.2 Å². The van der Waals surface area contributed by atoms with Crippen LogP contribution in [0.25, 0.3) is 0 Å². The van der Waals surface area contributed by atoms with Crippen LogP contribution in [0.4, 0.5) is 28.4 Å². The number of carbonyl (C=O) groups excluding carboxylic acids is 2. The zero-order chi connectivity index (χ0) is 41.8. The molecule has 0 radical (unpaired) electrons. The molecule has 58 heavy (non-hydrogen) atoms. The van der Waals surface area contributed by atoms with Crippen LogP contribution < -0.4 is 9.64 Å². The Balaban J connectivity index is 0.00000215. The summed E-state index contributed by atoms with van der Waals surface area (Å²) in [5.74, 6) is -0.609. The van der Waals surface area contributed by atoms with Gasteiger partial charge in [0.15, 0.2) is 7.05 Å². The smallest absolute Gasteiger partial charge is 0.338 e. The highest BCUT2D eigenvalue weighted by Crippen LogP contribution is 2.26. The zero-order valence-electron chi connectivity index (χ0n) is 34.4. The minimum absolute atomic E-state index is 0.165. The van der Waals surface area contributed by atoms with Gasteiger partial charge in [-0.05, 0) is 91.7 Å². The van der Waals surface area contributed by atoms with E-state index < -0.39 is 16.9 Å². The third-order valence-electron chi connectivity index (χ3n) is 8.80. The first-order valence-electron chi connectivity index (χ1n) is 20.2. The summed E-state index contributed by atoms with van der Waals surface area (Å²) in [5, 5.41) is 26.1. The second kappa shape index (κ2) is 27.6. The summed E-state index contributed by atoms with van der Waals surface area (Å²) in [4.78, 5) is 36.0. The van der Waals surface area contributed by atoms with E-state index in [0.29, 0.717) is 30.3 Å². The van der Waals surface area contributed by atoms with Crippen LogP contribution >= 0.6 is 0 Å². The number of nitrogens with zero attached hydrogens (tertiary/aromatic N) is 6. The largest absolute Gasteiger partial charge is 0.494 e. The molecule has 0 spiro atoms. The van der Waals surface area contributed by atoms with Gasteiger partial charge in [-0.15, -0.1) is 0 Å². The molecule has 310 valence electrons. The zero-order valence-corrected chi connectivity index (χ0v) is 34.4. The standard InChI is InChI=1S/C44H55N5O5.CH3NO2/c1-4-6-7-8-9-10-11-12-13-17-30-53-42-33-35(43(50)52-3)32-36(34-42)44(51)54-31-29-49(28-5-2)41-26-24-40(25-27-41)48-47-39-22-20-38(21-23-39)46-45-37-18-15-14-16-19-37;1-2(3)4/h14-16,18-27,32-34H,4-13,17,28-31H2,1-3H3;1H3. The molecule has 0 heterocycles. The summed E-state index contributed by atoms with van der Waals surface area (Å²) in [5.41, 5.74) is 4.42. The van der Waals surface area contributed by atoms with Gasteiger partial charge in [0.1, 0.15) is 12.4 Å². The van der Waals surface area contributed by atoms with Crippen LogP contribution in [0.1, 0.15) is 105 Å². The molecule has 0 N–H and O–H groups in total. The molecule has 0 aliphatic rings. The normalized spacial score (nSPS) is 10.9. The van der Waals surface area contributed by atoms with Crippen molar-refractivity contribution in [2.24, 2.45) is 20.5 Å². The minimum Gasteiger partial charge on any atom is -0.494 e. The number of methoxy groups -OCH3 is 1. The fraction of sp³-hybridized carbons (Fsp3) is 0.422. The molecule has 0 aromatic heterocycles. The van der Waals surface area contributed by atoms with Gasteiger partial charge in [-0.1, -0.05) is 89.8 Å². The van der Waals surface area contributed by atoms with Crippen molar-refractivity contribution < 1.29 is 28.7 Å². The summed E-state index contributed by atoms with van der Waals surface area (Å²) in [6.45, 7) is 6.29. The second-order valence-corrected chi connectivity index (χ2v) is 13.6. The number of azo groups is 2. The molecule has 4 aromatic rings. The first-order chi connectivity index (χ1) is 28.2. The number of hydrogen-bond donors (Lipinski definition) is 0. The minimum atomic E-state index is -0.537. The monoisotopic (exact) mass is 794 g/mol. The summed E-state index contributed by atoms with van der Waals surface area (Å²) in [6.07, 6.45) is 13.2. The maximum absolute atomic E-state index is 13.2. The molecule has 0 fully saturated rings. The van der Waals surface area contributed by atoms with E-state index in [-0.39, 0.29) is 17.7 Å². The van der Waals surface area contributed by atoms with Gasteiger partial charge in [-0.25, -0.2) is 9.59 Å². The quantitative estimate of drug-likeness (QED) is 0.0223.